The van der Waals surface area contributed by atoms with Crippen LogP contribution in [0.25, 0.3) is 0 Å². The molecule has 0 radical (unpaired) electrons. The summed E-state index contributed by atoms with van der Waals surface area (Å²) in [6.45, 7) is 31.5. The summed E-state index contributed by atoms with van der Waals surface area (Å²) in [5.74, 6) is -2.23. The second-order valence-corrected chi connectivity index (χ2v) is 33.8. The summed E-state index contributed by atoms with van der Waals surface area (Å²) >= 11 is 0. The second-order valence-electron chi connectivity index (χ2n) is 33.8. The topological polar surface area (TPSA) is 249 Å². The van der Waals surface area contributed by atoms with Gasteiger partial charge in [0.25, 0.3) is 0 Å². The fraction of sp³-hybridized carbons (Fsp3) is 0.931. The molecule has 126 heavy (non-hydrogen) atoms. The molecule has 0 amide bonds. The van der Waals surface area contributed by atoms with Gasteiger partial charge in [-0.15, -0.1) is 0 Å². The third-order valence-electron chi connectivity index (χ3n) is 23.5. The van der Waals surface area contributed by atoms with E-state index in [1.54, 1.807) is 0 Å². The zero-order valence-corrected chi connectivity index (χ0v) is 73.1. The summed E-state index contributed by atoms with van der Waals surface area (Å²) in [6.07, 6.45) is 42.7. The summed E-state index contributed by atoms with van der Waals surface area (Å²) in [5.41, 5.74) is -3.63. The van der Waals surface area contributed by atoms with Crippen LogP contribution in [-0.2, 0) is 99.9 Å². The van der Waals surface area contributed by atoms with E-state index in [2.05, 4.69) is 4.74 Å². The molecule has 0 bridgehead atoms. The van der Waals surface area contributed by atoms with E-state index in [4.69, 9.17) is 61.6 Å². The van der Waals surface area contributed by atoms with Gasteiger partial charge in [-0.3, -0.25) is 33.6 Å². The summed E-state index contributed by atoms with van der Waals surface area (Å²) in [6, 6.07) is 0. The molecule has 770 valence electrons. The van der Waals surface area contributed by atoms with Crippen molar-refractivity contribution >= 4 is 41.8 Å². The van der Waals surface area contributed by atoms with Crippen LogP contribution in [0.3, 0.4) is 0 Å². The van der Waals surface area contributed by atoms with Crippen molar-refractivity contribution in [2.75, 3.05) is 47.6 Å². The monoisotopic (exact) mass is 1830 g/mol. The third-order valence-corrected chi connectivity index (χ3v) is 23.5. The molecule has 0 saturated heterocycles. The highest BCUT2D eigenvalue weighted by Gasteiger charge is 2.56. The first-order valence-corrected chi connectivity index (χ1v) is 43.8. The molecule has 7 aliphatic carbocycles. The van der Waals surface area contributed by atoms with Gasteiger partial charge in [0.1, 0.15) is 0 Å². The maximum atomic E-state index is 12.8. The molecular formula is C102H215F3O21. The Morgan fingerprint density at radius 3 is 0.524 bits per heavy atom. The molecule has 0 spiro atoms. The molecule has 0 aromatic carbocycles. The van der Waals surface area contributed by atoms with Crippen molar-refractivity contribution in [3.05, 3.63) is 0 Å². The van der Waals surface area contributed by atoms with Gasteiger partial charge in [0.15, 0.2) is 53.0 Å². The lowest BCUT2D eigenvalue weighted by Crippen LogP contribution is -2.43. The van der Waals surface area contributed by atoms with Gasteiger partial charge in [0.05, 0.1) is 76.7 Å². The average molecular weight is 1830 g/mol. The van der Waals surface area contributed by atoms with Crippen LogP contribution in [0.15, 0.2) is 0 Å². The van der Waals surface area contributed by atoms with Gasteiger partial charge >= 0.3 is 48.0 Å². The van der Waals surface area contributed by atoms with Gasteiger partial charge < -0.3 is 66.3 Å². The fourth-order valence-electron chi connectivity index (χ4n) is 12.5. The highest BCUT2D eigenvalue weighted by molar-refractivity contribution is 5.78. The minimum Gasteiger partial charge on any atom is -0.438 e. The Labute approximate surface area is 778 Å². The summed E-state index contributed by atoms with van der Waals surface area (Å²) < 4.78 is 112. The normalized spacial score (nSPS) is 17.3. The Balaban J connectivity index is -0.0000000952. The number of rotatable bonds is 35. The van der Waals surface area contributed by atoms with Crippen molar-refractivity contribution in [3.63, 3.8) is 0 Å². The first kappa shape index (κ1) is 153. The molecule has 0 N–H and O–H groups in total. The largest absolute Gasteiger partial charge is 0.438 e. The van der Waals surface area contributed by atoms with Crippen LogP contribution in [-0.4, -0.2) is 138 Å². The quantitative estimate of drug-likeness (QED) is 0.0247. The molecule has 4 atom stereocenters. The minimum absolute atomic E-state index is 0. The van der Waals surface area contributed by atoms with Crippen LogP contribution >= 0.6 is 0 Å². The van der Waals surface area contributed by atoms with Crippen molar-refractivity contribution in [1.29, 1.82) is 0 Å². The van der Waals surface area contributed by atoms with Crippen molar-refractivity contribution in [1.82, 2.24) is 0 Å². The predicted octanol–water partition coefficient (Wildman–Crippen LogP) is 31.2. The van der Waals surface area contributed by atoms with Crippen LogP contribution in [0.4, 0.5) is 13.2 Å². The highest BCUT2D eigenvalue weighted by atomic mass is 19.4. The molecule has 0 aromatic rings. The highest BCUT2D eigenvalue weighted by Crippen LogP contribution is 2.42. The van der Waals surface area contributed by atoms with Gasteiger partial charge in [-0.25, -0.2) is 0 Å². The molecule has 4 unspecified atom stereocenters. The Hall–Kier alpha value is -4.20. The van der Waals surface area contributed by atoms with E-state index >= 15 is 0 Å². The predicted molar refractivity (Wildman–Crippen MR) is 522 cm³/mol. The lowest BCUT2D eigenvalue weighted by molar-refractivity contribution is -0.237. The van der Waals surface area contributed by atoms with E-state index in [0.717, 1.165) is 155 Å². The number of ether oxygens (including phenoxy) is 14. The zero-order valence-electron chi connectivity index (χ0n) is 73.1. The number of halogens is 3. The van der Waals surface area contributed by atoms with Gasteiger partial charge in [-0.1, -0.05) is 308 Å². The number of alkyl halides is 3. The Kier molecular flexibility index (Phi) is 108. The molecule has 24 heteroatoms. The number of hydrogen-bond acceptors (Lipinski definition) is 21. The van der Waals surface area contributed by atoms with Crippen LogP contribution in [0, 0.1) is 39.4 Å². The molecule has 7 rings (SSSR count). The standard InChI is InChI=1S/C14H26O3.C13H21F3O3.2C13H24O3.2C12H22O3.C11H20O3.14CH4/c1-4-14(2,3)13(15)17-11-16-12-9-7-5-6-8-10-12;1-3-12(2,13(14,15)16)11(17)19-9-18-10-7-5-4-6-8-10;1-4-13(2,3)12(14)16-10-15-11-8-6-5-7-9-11;1-3-11(2)13(14)16-10-15-12-8-6-4-5-7-9-12;1-4-12(2,3)11(13)15-9-14-10-7-5-6-8-10;1-3-10(2)12(13)15-9-14-11-7-5-4-6-8-11;1-3-9(2)11(12)14-8-13-10-6-4-5-7-10;;;;;;;;;;;;;;/h12H,4-11H2,1-3H3;10H,3-9H2,1-2H3;11H,4-10H2,1-3H3;11-12H,3-10H2,1-2H3;10H,4-9H2,1-3H3;10-11H,3-9H2,1-2H3;9-10H,3-8H2,1-2H3;14*1H4. The van der Waals surface area contributed by atoms with Crippen LogP contribution < -0.4 is 0 Å². The van der Waals surface area contributed by atoms with Gasteiger partial charge in [-0.2, -0.15) is 13.2 Å². The van der Waals surface area contributed by atoms with E-state index in [1.807, 2.05) is 104 Å². The van der Waals surface area contributed by atoms with Crippen molar-refractivity contribution in [3.8, 4) is 0 Å². The zero-order chi connectivity index (χ0) is 83.9. The van der Waals surface area contributed by atoms with Gasteiger partial charge in [0.2, 0.25) is 0 Å². The molecule has 0 aromatic heterocycles. The van der Waals surface area contributed by atoms with Crippen molar-refractivity contribution in [2.24, 2.45) is 39.4 Å². The Morgan fingerprint density at radius 2 is 0.381 bits per heavy atom. The number of esters is 7. The summed E-state index contributed by atoms with van der Waals surface area (Å²) in [5, 5.41) is 0. The molecular weight excluding hydrogens is 1620 g/mol. The van der Waals surface area contributed by atoms with Gasteiger partial charge in [-0.05, 0) is 183 Å². The van der Waals surface area contributed by atoms with Crippen molar-refractivity contribution < 1.29 is 113 Å². The lowest BCUT2D eigenvalue weighted by Gasteiger charge is -2.29. The molecule has 21 nitrogen and oxygen atoms in total. The van der Waals surface area contributed by atoms with Crippen molar-refractivity contribution in [2.45, 2.75) is 540 Å². The second kappa shape index (κ2) is 88.7. The third kappa shape index (κ3) is 68.8. The molecule has 7 aliphatic rings. The van der Waals surface area contributed by atoms with E-state index in [9.17, 15) is 46.7 Å². The van der Waals surface area contributed by atoms with Gasteiger partial charge in [0, 0.05) is 0 Å². The van der Waals surface area contributed by atoms with E-state index in [1.165, 1.54) is 122 Å². The van der Waals surface area contributed by atoms with Crippen LogP contribution in [0.5, 0.6) is 0 Å². The average Bonchev–Trinajstić information content (AvgIpc) is 0.925. The smallest absolute Gasteiger partial charge is 0.404 e. The number of hydrogen-bond donors (Lipinski definition) is 0. The Bertz CT molecular complexity index is 2440. The Morgan fingerprint density at radius 1 is 0.238 bits per heavy atom. The molecule has 7 fully saturated rings. The number of carbonyl (C=O) groups excluding carboxylic acids is 7. The fourth-order valence-corrected chi connectivity index (χ4v) is 12.5. The SMILES string of the molecule is C.C.C.C.C.C.C.C.C.C.C.C.C.C.CCC(C)(C(=O)OCOC1CCCCC1)C(F)(F)F.CCC(C)(C)C(=O)OCOC1CCCC1.CCC(C)(C)C(=O)OCOC1CCCCC1.CCC(C)(C)C(=O)OCOC1CCCCCC1.CCC(C)C(=O)OCOC1CCCC1.CCC(C)C(=O)OCOC1CCCCC1.CCC(C)C(=O)OCOC1CCCCCC1. The molecule has 0 heterocycles. The first-order valence-electron chi connectivity index (χ1n) is 43.8. The lowest BCUT2D eigenvalue weighted by atomic mass is 9.87. The summed E-state index contributed by atoms with van der Waals surface area (Å²) in [4.78, 5) is 80.4. The maximum Gasteiger partial charge on any atom is 0.404 e. The van der Waals surface area contributed by atoms with Crippen LogP contribution in [0.2, 0.25) is 0 Å². The summed E-state index contributed by atoms with van der Waals surface area (Å²) in [7, 11) is 0. The van der Waals surface area contributed by atoms with E-state index < -0.39 is 35.2 Å². The van der Waals surface area contributed by atoms with Crippen LogP contribution in [0.1, 0.15) is 491 Å². The number of carbonyl (C=O) groups is 7. The van der Waals surface area contributed by atoms with E-state index in [0.29, 0.717) is 30.5 Å². The maximum absolute atomic E-state index is 12.8. The minimum atomic E-state index is -4.61. The van der Waals surface area contributed by atoms with E-state index in [-0.39, 0.29) is 222 Å². The molecule has 7 saturated carbocycles. The first-order chi connectivity index (χ1) is 53.2. The molecule has 0 aliphatic heterocycles.